The van der Waals surface area contributed by atoms with Crippen LogP contribution < -0.4 is 5.32 Å². The molecule has 0 fully saturated rings. The van der Waals surface area contributed by atoms with Gasteiger partial charge in [0.15, 0.2) is 5.82 Å². The molecule has 1 amide bonds. The molecule has 0 bridgehead atoms. The lowest BCUT2D eigenvalue weighted by Gasteiger charge is -2.16. The summed E-state index contributed by atoms with van der Waals surface area (Å²) in [4.78, 5) is 16.5. The molecule has 2 heterocycles. The number of carbonyl (C=O) groups is 1. The molecule has 1 aromatic carbocycles. The summed E-state index contributed by atoms with van der Waals surface area (Å²) < 4.78 is 20.8. The summed E-state index contributed by atoms with van der Waals surface area (Å²) in [5, 5.41) is 10.7. The largest absolute Gasteiger partial charge is 0.342 e. The summed E-state index contributed by atoms with van der Waals surface area (Å²) in [5.41, 5.74) is 1.24. The van der Waals surface area contributed by atoms with E-state index in [1.54, 1.807) is 36.0 Å². The van der Waals surface area contributed by atoms with Gasteiger partial charge in [0.25, 0.3) is 0 Å². The molecule has 0 spiro atoms. The first-order chi connectivity index (χ1) is 12.0. The lowest BCUT2D eigenvalue weighted by Crippen LogP contribution is -2.30. The molecule has 25 heavy (non-hydrogen) atoms. The quantitative estimate of drug-likeness (QED) is 0.741. The summed E-state index contributed by atoms with van der Waals surface area (Å²) in [6.07, 6.45) is 4.34. The number of amides is 1. The molecule has 3 rings (SSSR count). The van der Waals surface area contributed by atoms with Gasteiger partial charge in [-0.05, 0) is 18.1 Å². The van der Waals surface area contributed by atoms with Crippen molar-refractivity contribution in [3.63, 3.8) is 0 Å². The Balaban J connectivity index is 1.75. The third-order valence-electron chi connectivity index (χ3n) is 3.72. The number of aromatic nitrogens is 4. The Hall–Kier alpha value is -3.03. The van der Waals surface area contributed by atoms with E-state index in [1.807, 2.05) is 13.2 Å². The zero-order chi connectivity index (χ0) is 17.8. The Labute approximate surface area is 143 Å². The van der Waals surface area contributed by atoms with Gasteiger partial charge in [-0.3, -0.25) is 9.48 Å². The number of carbonyl (C=O) groups excluding carboxylic acids is 1. The molecule has 1 N–H and O–H groups in total. The molecule has 0 aliphatic heterocycles. The number of hydrogen-bond donors (Lipinski definition) is 1. The lowest BCUT2D eigenvalue weighted by molar-refractivity contribution is -0.121. The smallest absolute Gasteiger partial charge is 0.223 e. The maximum absolute atomic E-state index is 14.2. The molecular weight excluding hydrogens is 325 g/mol. The summed E-state index contributed by atoms with van der Waals surface area (Å²) in [6, 6.07) is 5.39. The van der Waals surface area contributed by atoms with Gasteiger partial charge in [0, 0.05) is 32.2 Å². The minimum Gasteiger partial charge on any atom is -0.342 e. The average Bonchev–Trinajstić information content (AvgIpc) is 3.20. The molecule has 7 nitrogen and oxygen atoms in total. The topological polar surface area (TPSA) is 85.8 Å². The molecule has 1 unspecified atom stereocenters. The third kappa shape index (κ3) is 4.09. The molecule has 0 saturated heterocycles. The Morgan fingerprint density at radius 3 is 2.84 bits per heavy atom. The summed E-state index contributed by atoms with van der Waals surface area (Å²) in [7, 11) is 1.82. The summed E-state index contributed by atoms with van der Waals surface area (Å²) in [6.45, 7) is 1.64. The molecule has 8 heteroatoms. The molecule has 0 saturated carbocycles. The molecule has 3 aromatic rings. The minimum absolute atomic E-state index is 0.220. The molecule has 1 atom stereocenters. The van der Waals surface area contributed by atoms with Crippen molar-refractivity contribution in [3.8, 4) is 0 Å². The molecule has 0 radical (unpaired) electrons. The SMILES string of the molecule is Cc1nc(C(NC(=O)CCc2cnn(C)c2)c2ccccc2F)no1. The van der Waals surface area contributed by atoms with Crippen LogP contribution in [0.1, 0.15) is 35.3 Å². The van der Waals surface area contributed by atoms with Crippen LogP contribution in [-0.4, -0.2) is 25.8 Å². The van der Waals surface area contributed by atoms with Gasteiger partial charge < -0.3 is 9.84 Å². The Morgan fingerprint density at radius 1 is 1.40 bits per heavy atom. The van der Waals surface area contributed by atoms with Crippen molar-refractivity contribution in [2.45, 2.75) is 25.8 Å². The van der Waals surface area contributed by atoms with Crippen LogP contribution in [-0.2, 0) is 18.3 Å². The molecule has 130 valence electrons. The molecule has 2 aromatic heterocycles. The highest BCUT2D eigenvalue weighted by molar-refractivity contribution is 5.77. The van der Waals surface area contributed by atoms with Crippen molar-refractivity contribution in [3.05, 3.63) is 65.3 Å². The monoisotopic (exact) mass is 343 g/mol. The number of hydrogen-bond acceptors (Lipinski definition) is 5. The molecule has 0 aliphatic rings. The van der Waals surface area contributed by atoms with E-state index in [1.165, 1.54) is 6.07 Å². The maximum Gasteiger partial charge on any atom is 0.223 e. The minimum atomic E-state index is -0.806. The van der Waals surface area contributed by atoms with Crippen LogP contribution in [0, 0.1) is 12.7 Å². The van der Waals surface area contributed by atoms with Crippen LogP contribution in [0.3, 0.4) is 0 Å². The zero-order valence-corrected chi connectivity index (χ0v) is 13.9. The number of nitrogens with zero attached hydrogens (tertiary/aromatic N) is 4. The van der Waals surface area contributed by atoms with Gasteiger partial charge in [-0.1, -0.05) is 23.4 Å². The molecule has 0 aliphatic carbocycles. The van der Waals surface area contributed by atoms with Crippen molar-refractivity contribution in [1.29, 1.82) is 0 Å². The van der Waals surface area contributed by atoms with E-state index in [0.717, 1.165) is 5.56 Å². The van der Waals surface area contributed by atoms with Crippen LogP contribution in [0.25, 0.3) is 0 Å². The van der Waals surface area contributed by atoms with E-state index < -0.39 is 11.9 Å². The van der Waals surface area contributed by atoms with E-state index in [0.29, 0.717) is 12.3 Å². The second-order valence-corrected chi connectivity index (χ2v) is 5.72. The fourth-order valence-electron chi connectivity index (χ4n) is 2.51. The first-order valence-corrected chi connectivity index (χ1v) is 7.84. The third-order valence-corrected chi connectivity index (χ3v) is 3.72. The second kappa shape index (κ2) is 7.25. The number of aryl methyl sites for hydroxylation is 3. The van der Waals surface area contributed by atoms with E-state index in [2.05, 4.69) is 20.6 Å². The van der Waals surface area contributed by atoms with Crippen LogP contribution in [0.4, 0.5) is 4.39 Å². The fraction of sp³-hybridized carbons (Fsp3) is 0.294. The summed E-state index contributed by atoms with van der Waals surface area (Å²) >= 11 is 0. The second-order valence-electron chi connectivity index (χ2n) is 5.72. The van der Waals surface area contributed by atoms with Crippen molar-refractivity contribution in [2.75, 3.05) is 0 Å². The van der Waals surface area contributed by atoms with Crippen molar-refractivity contribution < 1.29 is 13.7 Å². The van der Waals surface area contributed by atoms with E-state index in [9.17, 15) is 9.18 Å². The van der Waals surface area contributed by atoms with Crippen molar-refractivity contribution >= 4 is 5.91 Å². The van der Waals surface area contributed by atoms with Crippen LogP contribution in [0.5, 0.6) is 0 Å². The predicted octanol–water partition coefficient (Wildman–Crippen LogP) is 2.09. The van der Waals surface area contributed by atoms with Crippen molar-refractivity contribution in [2.24, 2.45) is 7.05 Å². The van der Waals surface area contributed by atoms with E-state index in [-0.39, 0.29) is 23.7 Å². The highest BCUT2D eigenvalue weighted by Crippen LogP contribution is 2.22. The fourth-order valence-corrected chi connectivity index (χ4v) is 2.51. The summed E-state index contributed by atoms with van der Waals surface area (Å²) in [5.74, 6) is -0.111. The van der Waals surface area contributed by atoms with Gasteiger partial charge in [-0.25, -0.2) is 4.39 Å². The predicted molar refractivity (Wildman–Crippen MR) is 86.9 cm³/mol. The number of benzene rings is 1. The van der Waals surface area contributed by atoms with E-state index >= 15 is 0 Å². The first-order valence-electron chi connectivity index (χ1n) is 7.84. The Bertz CT molecular complexity index is 873. The van der Waals surface area contributed by atoms with Gasteiger partial charge in [-0.15, -0.1) is 0 Å². The number of halogens is 1. The highest BCUT2D eigenvalue weighted by atomic mass is 19.1. The molecular formula is C17H18FN5O2. The maximum atomic E-state index is 14.2. The first kappa shape index (κ1) is 16.8. The van der Waals surface area contributed by atoms with Gasteiger partial charge in [0.2, 0.25) is 11.8 Å². The number of nitrogens with one attached hydrogen (secondary N) is 1. The van der Waals surface area contributed by atoms with Gasteiger partial charge in [0.05, 0.1) is 6.20 Å². The van der Waals surface area contributed by atoms with Crippen LogP contribution >= 0.6 is 0 Å². The normalized spacial score (nSPS) is 12.1. The Morgan fingerprint density at radius 2 is 2.20 bits per heavy atom. The van der Waals surface area contributed by atoms with Crippen molar-refractivity contribution in [1.82, 2.24) is 25.2 Å². The van der Waals surface area contributed by atoms with Gasteiger partial charge in [-0.2, -0.15) is 10.1 Å². The number of rotatable bonds is 6. The lowest BCUT2D eigenvalue weighted by atomic mass is 10.0. The zero-order valence-electron chi connectivity index (χ0n) is 13.9. The van der Waals surface area contributed by atoms with Crippen LogP contribution in [0.15, 0.2) is 41.2 Å². The highest BCUT2D eigenvalue weighted by Gasteiger charge is 2.24. The average molecular weight is 343 g/mol. The van der Waals surface area contributed by atoms with E-state index in [4.69, 9.17) is 4.52 Å². The standard InChI is InChI=1S/C17H18FN5O2/c1-11-20-17(22-25-11)16(13-5-3-4-6-14(13)18)21-15(24)8-7-12-9-19-23(2)10-12/h3-6,9-10,16H,7-8H2,1-2H3,(H,21,24). The van der Waals surface area contributed by atoms with Gasteiger partial charge >= 0.3 is 0 Å². The van der Waals surface area contributed by atoms with Crippen LogP contribution in [0.2, 0.25) is 0 Å². The van der Waals surface area contributed by atoms with Gasteiger partial charge in [0.1, 0.15) is 11.9 Å². The Kier molecular flexibility index (Phi) is 4.87.